The zero-order valence-electron chi connectivity index (χ0n) is 14.1. The van der Waals surface area contributed by atoms with Gasteiger partial charge in [-0.05, 0) is 36.3 Å². The van der Waals surface area contributed by atoms with Crippen LogP contribution in [0, 0.1) is 6.92 Å². The molecule has 0 saturated carbocycles. The van der Waals surface area contributed by atoms with Crippen molar-refractivity contribution in [2.24, 2.45) is 0 Å². The molecule has 2 aromatic carbocycles. The van der Waals surface area contributed by atoms with E-state index in [-0.39, 0.29) is 5.91 Å². The van der Waals surface area contributed by atoms with Gasteiger partial charge in [0.25, 0.3) is 0 Å². The lowest BCUT2D eigenvalue weighted by atomic mass is 10.2. The van der Waals surface area contributed by atoms with Crippen molar-refractivity contribution in [1.82, 2.24) is 9.78 Å². The van der Waals surface area contributed by atoms with Crippen molar-refractivity contribution in [2.45, 2.75) is 13.5 Å². The van der Waals surface area contributed by atoms with E-state index in [2.05, 4.69) is 10.4 Å². The average Bonchev–Trinajstić information content (AvgIpc) is 2.95. The number of hydrogen-bond donors (Lipinski definition) is 1. The molecule has 0 aliphatic carbocycles. The van der Waals surface area contributed by atoms with Crippen molar-refractivity contribution in [3.05, 3.63) is 87.5 Å². The number of hydrogen-bond acceptors (Lipinski definition) is 2. The van der Waals surface area contributed by atoms with Crippen LogP contribution >= 0.6 is 23.2 Å². The number of carbonyl (C=O) groups excluding carboxylic acids is 1. The van der Waals surface area contributed by atoms with Crippen LogP contribution in [0.25, 0.3) is 6.08 Å². The van der Waals surface area contributed by atoms with Gasteiger partial charge in [-0.3, -0.25) is 9.48 Å². The van der Waals surface area contributed by atoms with E-state index in [1.165, 1.54) is 6.08 Å². The van der Waals surface area contributed by atoms with E-state index in [4.69, 9.17) is 23.2 Å². The summed E-state index contributed by atoms with van der Waals surface area (Å²) in [6.07, 6.45) is 3.11. The fourth-order valence-electron chi connectivity index (χ4n) is 2.46. The minimum Gasteiger partial charge on any atom is -0.306 e. The highest BCUT2D eigenvalue weighted by molar-refractivity contribution is 6.32. The molecule has 0 unspecified atom stereocenters. The third-order valence-electron chi connectivity index (χ3n) is 3.83. The minimum atomic E-state index is -0.271. The maximum Gasteiger partial charge on any atom is 0.249 e. The molecular formula is C20H17Cl2N3O. The molecule has 1 N–H and O–H groups in total. The summed E-state index contributed by atoms with van der Waals surface area (Å²) in [5.41, 5.74) is 2.68. The molecule has 0 fully saturated rings. The molecule has 0 aliphatic rings. The number of carbonyl (C=O) groups is 1. The Balaban J connectivity index is 1.68. The van der Waals surface area contributed by atoms with E-state index in [9.17, 15) is 4.79 Å². The molecule has 6 heteroatoms. The summed E-state index contributed by atoms with van der Waals surface area (Å²) in [6, 6.07) is 16.8. The fraction of sp³-hybridized carbons (Fsp3) is 0.100. The second-order valence-corrected chi connectivity index (χ2v) is 6.58. The molecule has 3 rings (SSSR count). The molecular weight excluding hydrogens is 369 g/mol. The number of halogens is 2. The highest BCUT2D eigenvalue weighted by Crippen LogP contribution is 2.19. The Kier molecular flexibility index (Phi) is 5.76. The minimum absolute atomic E-state index is 0.271. The maximum atomic E-state index is 12.1. The predicted octanol–water partition coefficient (Wildman–Crippen LogP) is 5.20. The van der Waals surface area contributed by atoms with E-state index < -0.39 is 0 Å². The maximum absolute atomic E-state index is 12.1. The number of anilines is 1. The zero-order valence-corrected chi connectivity index (χ0v) is 15.6. The van der Waals surface area contributed by atoms with Crippen molar-refractivity contribution in [3.63, 3.8) is 0 Å². The Morgan fingerprint density at radius 2 is 1.81 bits per heavy atom. The van der Waals surface area contributed by atoms with E-state index in [1.807, 2.05) is 55.5 Å². The highest BCUT2D eigenvalue weighted by atomic mass is 35.5. The largest absolute Gasteiger partial charge is 0.306 e. The van der Waals surface area contributed by atoms with E-state index in [1.54, 1.807) is 16.8 Å². The Morgan fingerprint density at radius 3 is 2.54 bits per heavy atom. The monoisotopic (exact) mass is 385 g/mol. The molecule has 0 atom stereocenters. The Morgan fingerprint density at radius 1 is 1.12 bits per heavy atom. The molecule has 26 heavy (non-hydrogen) atoms. The van der Waals surface area contributed by atoms with Crippen LogP contribution in [0.3, 0.4) is 0 Å². The first-order valence-electron chi connectivity index (χ1n) is 8.04. The topological polar surface area (TPSA) is 46.9 Å². The third-order valence-corrected chi connectivity index (χ3v) is 4.54. The fourth-order valence-corrected chi connectivity index (χ4v) is 2.86. The summed E-state index contributed by atoms with van der Waals surface area (Å²) in [5.74, 6) is 0.218. The molecule has 1 heterocycles. The van der Waals surface area contributed by atoms with Crippen molar-refractivity contribution in [3.8, 4) is 0 Å². The van der Waals surface area contributed by atoms with Crippen molar-refractivity contribution >= 4 is 41.0 Å². The first kappa shape index (κ1) is 18.2. The number of amides is 1. The standard InChI is InChI=1S/C20H17Cl2N3O/c1-14-12-19(24-25(14)13-16-7-3-5-9-18(16)22)23-20(26)11-10-15-6-2-4-8-17(15)21/h2-12H,13H2,1H3,(H,23,24,26)/b11-10+. The average molecular weight is 386 g/mol. The van der Waals surface area contributed by atoms with Crippen LogP contribution in [-0.2, 0) is 11.3 Å². The molecule has 0 bridgehead atoms. The number of rotatable bonds is 5. The van der Waals surface area contributed by atoms with E-state index in [0.29, 0.717) is 22.4 Å². The number of benzene rings is 2. The van der Waals surface area contributed by atoms with Gasteiger partial charge in [-0.1, -0.05) is 59.6 Å². The summed E-state index contributed by atoms with van der Waals surface area (Å²) in [5, 5.41) is 8.47. The molecule has 0 saturated heterocycles. The van der Waals surface area contributed by atoms with Crippen LogP contribution in [0.15, 0.2) is 60.7 Å². The number of nitrogens with one attached hydrogen (secondary N) is 1. The molecule has 1 amide bonds. The molecule has 4 nitrogen and oxygen atoms in total. The second-order valence-electron chi connectivity index (χ2n) is 5.76. The van der Waals surface area contributed by atoms with Gasteiger partial charge in [0, 0.05) is 27.9 Å². The summed E-state index contributed by atoms with van der Waals surface area (Å²) in [6.45, 7) is 2.47. The van der Waals surface area contributed by atoms with Crippen molar-refractivity contribution < 1.29 is 4.79 Å². The molecule has 3 aromatic rings. The lowest BCUT2D eigenvalue weighted by Gasteiger charge is -2.06. The highest BCUT2D eigenvalue weighted by Gasteiger charge is 2.08. The molecule has 0 aliphatic heterocycles. The second kappa shape index (κ2) is 8.21. The van der Waals surface area contributed by atoms with Crippen molar-refractivity contribution in [2.75, 3.05) is 5.32 Å². The van der Waals surface area contributed by atoms with Crippen LogP contribution < -0.4 is 5.32 Å². The Bertz CT molecular complexity index is 963. The molecule has 1 aromatic heterocycles. The lowest BCUT2D eigenvalue weighted by molar-refractivity contribution is -0.111. The van der Waals surface area contributed by atoms with Gasteiger partial charge in [-0.15, -0.1) is 0 Å². The SMILES string of the molecule is Cc1cc(NC(=O)/C=C/c2ccccc2Cl)nn1Cc1ccccc1Cl. The summed E-state index contributed by atoms with van der Waals surface area (Å²) < 4.78 is 1.80. The van der Waals surface area contributed by atoms with Crippen LogP contribution in [0.5, 0.6) is 0 Å². The summed E-state index contributed by atoms with van der Waals surface area (Å²) in [7, 11) is 0. The Labute approximate surface area is 162 Å². The third kappa shape index (κ3) is 4.54. The van der Waals surface area contributed by atoms with Gasteiger partial charge in [0.1, 0.15) is 0 Å². The van der Waals surface area contributed by atoms with E-state index in [0.717, 1.165) is 16.8 Å². The van der Waals surface area contributed by atoms with Gasteiger partial charge in [-0.25, -0.2) is 0 Å². The van der Waals surface area contributed by atoms with Gasteiger partial charge >= 0.3 is 0 Å². The predicted molar refractivity (Wildman–Crippen MR) is 107 cm³/mol. The van der Waals surface area contributed by atoms with Crippen LogP contribution in [0.2, 0.25) is 10.0 Å². The van der Waals surface area contributed by atoms with Crippen LogP contribution in [0.1, 0.15) is 16.8 Å². The quantitative estimate of drug-likeness (QED) is 0.613. The van der Waals surface area contributed by atoms with Crippen molar-refractivity contribution in [1.29, 1.82) is 0 Å². The van der Waals surface area contributed by atoms with Gasteiger partial charge in [0.05, 0.1) is 6.54 Å². The molecule has 132 valence electrons. The van der Waals surface area contributed by atoms with Gasteiger partial charge in [0.2, 0.25) is 5.91 Å². The Hall–Kier alpha value is -2.56. The van der Waals surface area contributed by atoms with Gasteiger partial charge in [-0.2, -0.15) is 5.10 Å². The van der Waals surface area contributed by atoms with E-state index >= 15 is 0 Å². The van der Waals surface area contributed by atoms with Crippen LogP contribution in [0.4, 0.5) is 5.82 Å². The van der Waals surface area contributed by atoms with Gasteiger partial charge in [0.15, 0.2) is 5.82 Å². The molecule has 0 radical (unpaired) electrons. The lowest BCUT2D eigenvalue weighted by Crippen LogP contribution is -2.09. The first-order chi connectivity index (χ1) is 12.5. The number of nitrogens with zero attached hydrogens (tertiary/aromatic N) is 2. The normalized spacial score (nSPS) is 11.0. The van der Waals surface area contributed by atoms with Crippen LogP contribution in [-0.4, -0.2) is 15.7 Å². The number of aromatic nitrogens is 2. The zero-order chi connectivity index (χ0) is 18.5. The smallest absolute Gasteiger partial charge is 0.249 e. The summed E-state index contributed by atoms with van der Waals surface area (Å²) >= 11 is 12.3. The molecule has 0 spiro atoms. The summed E-state index contributed by atoms with van der Waals surface area (Å²) in [4.78, 5) is 12.1. The first-order valence-corrected chi connectivity index (χ1v) is 8.80. The van der Waals surface area contributed by atoms with Gasteiger partial charge < -0.3 is 5.32 Å². The number of aryl methyl sites for hydroxylation is 1.